The van der Waals surface area contributed by atoms with Crippen LogP contribution in [0.15, 0.2) is 17.2 Å². The van der Waals surface area contributed by atoms with Crippen molar-refractivity contribution in [3.05, 3.63) is 22.7 Å². The molecule has 0 unspecified atom stereocenters. The van der Waals surface area contributed by atoms with E-state index in [0.29, 0.717) is 0 Å². The molecule has 0 atom stereocenters. The highest BCUT2D eigenvalue weighted by molar-refractivity contribution is 5.86. The number of hydrogen-bond acceptors (Lipinski definition) is 4. The normalized spacial score (nSPS) is 11.0. The zero-order chi connectivity index (χ0) is 10.8. The number of carbonyl (C=O) groups is 1. The Bertz CT molecular complexity index is 396. The summed E-state index contributed by atoms with van der Waals surface area (Å²) in [6.45, 7) is 3.15. The third-order valence-electron chi connectivity index (χ3n) is 1.75. The number of nitrogens with zero attached hydrogens (tertiary/aromatic N) is 1. The van der Waals surface area contributed by atoms with Gasteiger partial charge in [0.25, 0.3) is 5.56 Å². The van der Waals surface area contributed by atoms with Crippen molar-refractivity contribution in [1.29, 1.82) is 0 Å². The summed E-state index contributed by atoms with van der Waals surface area (Å²) in [7, 11) is 0. The van der Waals surface area contributed by atoms with Crippen molar-refractivity contribution >= 4 is 11.7 Å². The maximum Gasteiger partial charge on any atom is 0.290 e. The summed E-state index contributed by atoms with van der Waals surface area (Å²) in [4.78, 5) is 28.4. The lowest BCUT2D eigenvalue weighted by atomic mass is 10.1. The van der Waals surface area contributed by atoms with E-state index in [1.165, 1.54) is 12.4 Å². The third kappa shape index (κ3) is 2.09. The quantitative estimate of drug-likeness (QED) is 0.603. The average Bonchev–Trinajstić information content (AvgIpc) is 2.08. The van der Waals surface area contributed by atoms with Gasteiger partial charge >= 0.3 is 0 Å². The minimum absolute atomic E-state index is 0.0799. The van der Waals surface area contributed by atoms with Crippen LogP contribution in [0.25, 0.3) is 0 Å². The molecule has 0 aliphatic carbocycles. The van der Waals surface area contributed by atoms with Gasteiger partial charge < -0.3 is 16.0 Å². The Kier molecular flexibility index (Phi) is 2.55. The Labute approximate surface area is 80.5 Å². The number of rotatable bonds is 3. The highest BCUT2D eigenvalue weighted by Gasteiger charge is 2.25. The van der Waals surface area contributed by atoms with Gasteiger partial charge in [0, 0.05) is 12.4 Å². The number of nitrogens with one attached hydrogen (secondary N) is 2. The van der Waals surface area contributed by atoms with Gasteiger partial charge in [0.15, 0.2) is 5.82 Å². The van der Waals surface area contributed by atoms with E-state index < -0.39 is 11.4 Å². The van der Waals surface area contributed by atoms with Crippen LogP contribution < -0.4 is 16.6 Å². The molecular formula is C8H12N4O2. The lowest BCUT2D eigenvalue weighted by Gasteiger charge is -2.21. The Morgan fingerprint density at radius 2 is 2.29 bits per heavy atom. The molecule has 0 aromatic carbocycles. The smallest absolute Gasteiger partial charge is 0.290 e. The molecule has 6 nitrogen and oxygen atoms in total. The van der Waals surface area contributed by atoms with E-state index in [-0.39, 0.29) is 11.4 Å². The molecule has 1 aromatic heterocycles. The second-order valence-electron chi connectivity index (χ2n) is 3.38. The highest BCUT2D eigenvalue weighted by Crippen LogP contribution is 2.07. The number of primary amides is 1. The number of carbonyl (C=O) groups excluding carboxylic acids is 1. The summed E-state index contributed by atoms with van der Waals surface area (Å²) in [6, 6.07) is 0. The Balaban J connectivity index is 2.95. The van der Waals surface area contributed by atoms with Gasteiger partial charge in [-0.3, -0.25) is 9.59 Å². The van der Waals surface area contributed by atoms with E-state index in [1.54, 1.807) is 13.8 Å². The minimum Gasteiger partial charge on any atom is -0.368 e. The summed E-state index contributed by atoms with van der Waals surface area (Å²) in [5.74, 6) is -0.473. The number of amides is 1. The summed E-state index contributed by atoms with van der Waals surface area (Å²) in [6.07, 6.45) is 2.82. The second kappa shape index (κ2) is 3.49. The molecular weight excluding hydrogens is 184 g/mol. The van der Waals surface area contributed by atoms with Crippen molar-refractivity contribution in [3.8, 4) is 0 Å². The van der Waals surface area contributed by atoms with Crippen LogP contribution in [-0.2, 0) is 4.79 Å². The fraction of sp³-hybridized carbons (Fsp3) is 0.375. The maximum atomic E-state index is 11.2. The first-order valence-electron chi connectivity index (χ1n) is 4.05. The number of aromatic amines is 1. The van der Waals surface area contributed by atoms with Crippen LogP contribution in [-0.4, -0.2) is 21.4 Å². The lowest BCUT2D eigenvalue weighted by molar-refractivity contribution is -0.121. The monoisotopic (exact) mass is 196 g/mol. The number of aromatic nitrogens is 2. The zero-order valence-corrected chi connectivity index (χ0v) is 8.00. The van der Waals surface area contributed by atoms with Crippen LogP contribution in [0.3, 0.4) is 0 Å². The third-order valence-corrected chi connectivity index (χ3v) is 1.75. The molecule has 6 heteroatoms. The largest absolute Gasteiger partial charge is 0.368 e. The fourth-order valence-electron chi connectivity index (χ4n) is 0.798. The Morgan fingerprint density at radius 1 is 1.64 bits per heavy atom. The summed E-state index contributed by atoms with van der Waals surface area (Å²) in [5, 5.41) is 2.66. The molecule has 1 rings (SSSR count). The van der Waals surface area contributed by atoms with Crippen molar-refractivity contribution in [2.45, 2.75) is 19.4 Å². The summed E-state index contributed by atoms with van der Waals surface area (Å²) >= 11 is 0. The molecule has 14 heavy (non-hydrogen) atoms. The minimum atomic E-state index is -0.999. The summed E-state index contributed by atoms with van der Waals surface area (Å²) < 4.78 is 0. The molecule has 1 aromatic rings. The first-order chi connectivity index (χ1) is 6.43. The molecule has 1 amide bonds. The summed E-state index contributed by atoms with van der Waals surface area (Å²) in [5.41, 5.74) is 3.74. The molecule has 0 aliphatic rings. The van der Waals surface area contributed by atoms with E-state index in [0.717, 1.165) is 0 Å². The molecule has 0 spiro atoms. The maximum absolute atomic E-state index is 11.2. The van der Waals surface area contributed by atoms with Gasteiger partial charge in [-0.25, -0.2) is 4.98 Å². The number of nitrogens with two attached hydrogens (primary N) is 1. The number of H-pyrrole nitrogens is 1. The van der Waals surface area contributed by atoms with E-state index in [9.17, 15) is 9.59 Å². The van der Waals surface area contributed by atoms with Gasteiger partial charge in [0.1, 0.15) is 5.54 Å². The molecule has 4 N–H and O–H groups in total. The Hall–Kier alpha value is -1.85. The average molecular weight is 196 g/mol. The van der Waals surface area contributed by atoms with Gasteiger partial charge in [0.2, 0.25) is 5.91 Å². The first-order valence-corrected chi connectivity index (χ1v) is 4.05. The zero-order valence-electron chi connectivity index (χ0n) is 8.00. The van der Waals surface area contributed by atoms with Gasteiger partial charge in [0.05, 0.1) is 0 Å². The number of hydrogen-bond donors (Lipinski definition) is 3. The SMILES string of the molecule is CC(C)(Nc1ncc[nH]c1=O)C(N)=O. The highest BCUT2D eigenvalue weighted by atomic mass is 16.1. The van der Waals surface area contributed by atoms with Crippen molar-refractivity contribution in [1.82, 2.24) is 9.97 Å². The number of anilines is 1. The molecule has 0 saturated heterocycles. The van der Waals surface area contributed by atoms with Crippen molar-refractivity contribution < 1.29 is 4.79 Å². The lowest BCUT2D eigenvalue weighted by Crippen LogP contribution is -2.46. The molecule has 76 valence electrons. The van der Waals surface area contributed by atoms with Gasteiger partial charge in [-0.05, 0) is 13.8 Å². The predicted octanol–water partition coefficient (Wildman–Crippen LogP) is -0.554. The molecule has 0 fully saturated rings. The van der Waals surface area contributed by atoms with E-state index in [2.05, 4.69) is 15.3 Å². The van der Waals surface area contributed by atoms with Crippen LogP contribution in [0.4, 0.5) is 5.82 Å². The van der Waals surface area contributed by atoms with Gasteiger partial charge in [-0.15, -0.1) is 0 Å². The van der Waals surface area contributed by atoms with Crippen LogP contribution in [0, 0.1) is 0 Å². The van der Waals surface area contributed by atoms with Crippen LogP contribution in [0.5, 0.6) is 0 Å². The van der Waals surface area contributed by atoms with E-state index in [1.807, 2.05) is 0 Å². The fourth-order valence-corrected chi connectivity index (χ4v) is 0.798. The molecule has 0 saturated carbocycles. The van der Waals surface area contributed by atoms with Gasteiger partial charge in [-0.2, -0.15) is 0 Å². The van der Waals surface area contributed by atoms with Crippen LogP contribution in [0.2, 0.25) is 0 Å². The van der Waals surface area contributed by atoms with Crippen molar-refractivity contribution in [3.63, 3.8) is 0 Å². The van der Waals surface area contributed by atoms with Crippen LogP contribution in [0.1, 0.15) is 13.8 Å². The van der Waals surface area contributed by atoms with Crippen molar-refractivity contribution in [2.24, 2.45) is 5.73 Å². The van der Waals surface area contributed by atoms with Crippen molar-refractivity contribution in [2.75, 3.05) is 5.32 Å². The second-order valence-corrected chi connectivity index (χ2v) is 3.38. The molecule has 0 aliphatic heterocycles. The van der Waals surface area contributed by atoms with Gasteiger partial charge in [-0.1, -0.05) is 0 Å². The standard InChI is InChI=1S/C8H12N4O2/c1-8(2,7(9)14)12-5-6(13)11-4-3-10-5/h3-4H,1-2H3,(H2,9,14)(H,10,12)(H,11,13). The molecule has 1 heterocycles. The molecule has 0 bridgehead atoms. The topological polar surface area (TPSA) is 101 Å². The first kappa shape index (κ1) is 10.2. The van der Waals surface area contributed by atoms with Crippen LogP contribution >= 0.6 is 0 Å². The van der Waals surface area contributed by atoms with E-state index >= 15 is 0 Å². The Morgan fingerprint density at radius 3 is 2.79 bits per heavy atom. The predicted molar refractivity (Wildman–Crippen MR) is 51.8 cm³/mol. The van der Waals surface area contributed by atoms with E-state index in [4.69, 9.17) is 5.73 Å². The molecule has 0 radical (unpaired) electrons.